The predicted octanol–water partition coefficient (Wildman–Crippen LogP) is 4.39. The molecule has 154 valence electrons. The second kappa shape index (κ2) is 8.34. The van der Waals surface area contributed by atoms with Crippen LogP contribution in [0.15, 0.2) is 47.5 Å². The van der Waals surface area contributed by atoms with Crippen LogP contribution >= 0.6 is 11.6 Å². The summed E-state index contributed by atoms with van der Waals surface area (Å²) in [6, 6.07) is 13.5. The molecular weight excluding hydrogens is 386 g/mol. The van der Waals surface area contributed by atoms with Gasteiger partial charge in [0, 0.05) is 41.8 Å². The Morgan fingerprint density at radius 3 is 2.59 bits per heavy atom. The summed E-state index contributed by atoms with van der Waals surface area (Å²) in [5, 5.41) is 14.9. The molecule has 0 aromatic heterocycles. The smallest absolute Gasteiger partial charge is 0.124 e. The Morgan fingerprint density at radius 1 is 1.21 bits per heavy atom. The molecule has 0 saturated carbocycles. The lowest BCUT2D eigenvalue weighted by Gasteiger charge is -2.45. The van der Waals surface area contributed by atoms with Crippen molar-refractivity contribution in [2.24, 2.45) is 4.99 Å². The molecule has 1 unspecified atom stereocenters. The number of halogens is 1. The van der Waals surface area contributed by atoms with Crippen molar-refractivity contribution in [2.75, 3.05) is 26.7 Å². The Bertz CT molecular complexity index is 889. The third-order valence-corrected chi connectivity index (χ3v) is 6.34. The van der Waals surface area contributed by atoms with Gasteiger partial charge in [-0.25, -0.2) is 0 Å². The first-order valence-corrected chi connectivity index (χ1v) is 10.6. The first kappa shape index (κ1) is 20.2. The van der Waals surface area contributed by atoms with Crippen molar-refractivity contribution < 1.29 is 9.84 Å². The summed E-state index contributed by atoms with van der Waals surface area (Å²) in [7, 11) is 1.68. The first-order valence-electron chi connectivity index (χ1n) is 10.2. The zero-order valence-corrected chi connectivity index (χ0v) is 17.7. The molecule has 5 nitrogen and oxygen atoms in total. The number of methoxy groups -OCH3 is 1. The van der Waals surface area contributed by atoms with Crippen LogP contribution in [0.3, 0.4) is 0 Å². The van der Waals surface area contributed by atoms with E-state index in [0.717, 1.165) is 49.5 Å². The highest BCUT2D eigenvalue weighted by atomic mass is 35.5. The van der Waals surface area contributed by atoms with Crippen molar-refractivity contribution in [1.29, 1.82) is 0 Å². The predicted molar refractivity (Wildman–Crippen MR) is 117 cm³/mol. The molecular formula is C23H28ClN3O2. The summed E-state index contributed by atoms with van der Waals surface area (Å²) in [5.74, 6) is 1.07. The number of benzene rings is 2. The van der Waals surface area contributed by atoms with Crippen LogP contribution in [0.2, 0.25) is 5.02 Å². The molecule has 4 rings (SSSR count). The maximum absolute atomic E-state index is 10.5. The molecule has 2 aliphatic heterocycles. The SMILES string of the molecule is CCN1CCC2(CC1)N=C(c1cc(Cl)ccc1O)CC(c1ccc(OC)cc1)N2. The van der Waals surface area contributed by atoms with Crippen LogP contribution in [0.4, 0.5) is 0 Å². The van der Waals surface area contributed by atoms with Gasteiger partial charge >= 0.3 is 0 Å². The summed E-state index contributed by atoms with van der Waals surface area (Å²) >= 11 is 6.24. The van der Waals surface area contributed by atoms with E-state index >= 15 is 0 Å². The molecule has 2 aromatic carbocycles. The molecule has 0 amide bonds. The van der Waals surface area contributed by atoms with E-state index in [1.807, 2.05) is 18.2 Å². The third-order valence-electron chi connectivity index (χ3n) is 6.11. The minimum atomic E-state index is -0.321. The number of piperidine rings is 1. The zero-order chi connectivity index (χ0) is 20.4. The molecule has 29 heavy (non-hydrogen) atoms. The molecule has 1 fully saturated rings. The number of phenolic OH excluding ortho intramolecular Hbond substituents is 1. The Morgan fingerprint density at radius 2 is 1.93 bits per heavy atom. The summed E-state index contributed by atoms with van der Waals surface area (Å²) in [6.07, 6.45) is 2.58. The number of likely N-dealkylation sites (tertiary alicyclic amines) is 1. The largest absolute Gasteiger partial charge is 0.507 e. The molecule has 2 aliphatic rings. The van der Waals surface area contributed by atoms with Crippen molar-refractivity contribution in [3.05, 3.63) is 58.6 Å². The second-order valence-corrected chi connectivity index (χ2v) is 8.30. The average Bonchev–Trinajstić information content (AvgIpc) is 2.76. The lowest BCUT2D eigenvalue weighted by molar-refractivity contribution is 0.129. The minimum absolute atomic E-state index is 0.111. The van der Waals surface area contributed by atoms with Crippen LogP contribution in [0.25, 0.3) is 0 Å². The van der Waals surface area contributed by atoms with Crippen molar-refractivity contribution in [3.8, 4) is 11.5 Å². The lowest BCUT2D eigenvalue weighted by Crippen LogP contribution is -2.56. The molecule has 1 atom stereocenters. The molecule has 0 aliphatic carbocycles. The maximum Gasteiger partial charge on any atom is 0.124 e. The zero-order valence-electron chi connectivity index (χ0n) is 17.0. The number of aliphatic imine (C=N–C) groups is 1. The molecule has 2 N–H and O–H groups in total. The van der Waals surface area contributed by atoms with Crippen LogP contribution in [0.1, 0.15) is 43.4 Å². The van der Waals surface area contributed by atoms with E-state index in [-0.39, 0.29) is 17.5 Å². The number of hydrogen-bond donors (Lipinski definition) is 2. The monoisotopic (exact) mass is 413 g/mol. The van der Waals surface area contributed by atoms with E-state index in [1.165, 1.54) is 5.56 Å². The summed E-state index contributed by atoms with van der Waals surface area (Å²) in [4.78, 5) is 7.61. The molecule has 6 heteroatoms. The molecule has 2 aromatic rings. The van der Waals surface area contributed by atoms with Gasteiger partial charge in [0.1, 0.15) is 17.2 Å². The molecule has 1 saturated heterocycles. The van der Waals surface area contributed by atoms with E-state index in [1.54, 1.807) is 19.2 Å². The van der Waals surface area contributed by atoms with Crippen molar-refractivity contribution in [1.82, 2.24) is 10.2 Å². The van der Waals surface area contributed by atoms with Gasteiger partial charge in [-0.2, -0.15) is 0 Å². The topological polar surface area (TPSA) is 57.1 Å². The van der Waals surface area contributed by atoms with Crippen LogP contribution in [-0.2, 0) is 0 Å². The number of aromatic hydroxyl groups is 1. The van der Waals surface area contributed by atoms with E-state index < -0.39 is 0 Å². The average molecular weight is 414 g/mol. The van der Waals surface area contributed by atoms with Gasteiger partial charge in [0.15, 0.2) is 0 Å². The van der Waals surface area contributed by atoms with Gasteiger partial charge < -0.3 is 14.7 Å². The van der Waals surface area contributed by atoms with E-state index in [0.29, 0.717) is 11.4 Å². The number of nitrogens with one attached hydrogen (secondary N) is 1. The van der Waals surface area contributed by atoms with Gasteiger partial charge in [-0.15, -0.1) is 0 Å². The first-order chi connectivity index (χ1) is 14.0. The number of phenols is 1. The molecule has 0 bridgehead atoms. The van der Waals surface area contributed by atoms with E-state index in [2.05, 4.69) is 29.3 Å². The summed E-state index contributed by atoms with van der Waals surface area (Å²) in [6.45, 7) is 5.28. The van der Waals surface area contributed by atoms with Crippen molar-refractivity contribution in [3.63, 3.8) is 0 Å². The Hall–Kier alpha value is -2.08. The Balaban J connectivity index is 1.71. The quantitative estimate of drug-likeness (QED) is 0.780. The highest BCUT2D eigenvalue weighted by Crippen LogP contribution is 2.37. The fraction of sp³-hybridized carbons (Fsp3) is 0.435. The second-order valence-electron chi connectivity index (χ2n) is 7.86. The van der Waals surface area contributed by atoms with Crippen LogP contribution in [-0.4, -0.2) is 48.1 Å². The highest BCUT2D eigenvalue weighted by molar-refractivity contribution is 6.31. The standard InChI is InChI=1S/C23H28ClN3O2/c1-3-27-12-10-23(11-13-27)25-20(16-4-7-18(29-2)8-5-16)15-21(26-23)19-14-17(24)6-9-22(19)28/h4-9,14,20,25,28H,3,10-13,15H2,1-2H3. The van der Waals surface area contributed by atoms with Crippen LogP contribution in [0, 0.1) is 0 Å². The highest BCUT2D eigenvalue weighted by Gasteiger charge is 2.40. The van der Waals surface area contributed by atoms with Crippen LogP contribution < -0.4 is 10.1 Å². The van der Waals surface area contributed by atoms with Crippen molar-refractivity contribution >= 4 is 17.3 Å². The van der Waals surface area contributed by atoms with E-state index in [4.69, 9.17) is 21.3 Å². The van der Waals surface area contributed by atoms with Gasteiger partial charge in [0.05, 0.1) is 7.11 Å². The Labute approximate surface area is 177 Å². The number of rotatable bonds is 4. The molecule has 2 heterocycles. The van der Waals surface area contributed by atoms with Gasteiger partial charge in [-0.1, -0.05) is 30.7 Å². The van der Waals surface area contributed by atoms with Gasteiger partial charge in [-0.05, 0) is 55.3 Å². The molecule has 0 radical (unpaired) electrons. The fourth-order valence-electron chi connectivity index (χ4n) is 4.35. The lowest BCUT2D eigenvalue weighted by atomic mass is 9.87. The molecule has 1 spiro atoms. The number of ether oxygens (including phenoxy) is 1. The Kier molecular flexibility index (Phi) is 5.81. The maximum atomic E-state index is 10.5. The van der Waals surface area contributed by atoms with Gasteiger partial charge in [-0.3, -0.25) is 10.3 Å². The third kappa shape index (κ3) is 4.27. The van der Waals surface area contributed by atoms with Gasteiger partial charge in [0.2, 0.25) is 0 Å². The van der Waals surface area contributed by atoms with Gasteiger partial charge in [0.25, 0.3) is 0 Å². The fourth-order valence-corrected chi connectivity index (χ4v) is 4.52. The number of hydrogen-bond acceptors (Lipinski definition) is 5. The van der Waals surface area contributed by atoms with E-state index in [9.17, 15) is 5.11 Å². The van der Waals surface area contributed by atoms with Crippen molar-refractivity contribution in [2.45, 2.75) is 37.9 Å². The summed E-state index contributed by atoms with van der Waals surface area (Å²) in [5.41, 5.74) is 2.51. The number of nitrogens with zero attached hydrogens (tertiary/aromatic N) is 2. The minimum Gasteiger partial charge on any atom is -0.507 e. The van der Waals surface area contributed by atoms with Crippen LogP contribution in [0.5, 0.6) is 11.5 Å². The normalized spacial score (nSPS) is 21.8. The summed E-state index contributed by atoms with van der Waals surface area (Å²) < 4.78 is 5.31.